The van der Waals surface area contributed by atoms with Crippen LogP contribution in [-0.4, -0.2) is 34.0 Å². The first-order valence-electron chi connectivity index (χ1n) is 5.71. The highest BCUT2D eigenvalue weighted by Crippen LogP contribution is 2.23. The summed E-state index contributed by atoms with van der Waals surface area (Å²) in [5, 5.41) is 14.5. The number of hydrogen-bond donors (Lipinski definition) is 2. The zero-order valence-electron chi connectivity index (χ0n) is 10.9. The highest BCUT2D eigenvalue weighted by molar-refractivity contribution is 7.14. The monoisotopic (exact) mass is 311 g/mol. The number of carbonyl (C=O) groups is 2. The Labute approximate surface area is 123 Å². The highest BCUT2D eigenvalue weighted by Gasteiger charge is 2.16. The first kappa shape index (κ1) is 14.5. The standard InChI is InChI=1S/C12H13N3O3S2/c1-7-13-5-8(20-7)6-15(2)12(18)14-10-9(11(16)17)3-4-19-10/h3-5H,6H2,1-2H3,(H,14,18)(H,16,17). The Hall–Kier alpha value is -1.93. The number of carboxylic acid groups (broad SMARTS) is 1. The Morgan fingerprint density at radius 1 is 1.50 bits per heavy atom. The Kier molecular flexibility index (Phi) is 4.35. The van der Waals surface area contributed by atoms with E-state index in [2.05, 4.69) is 10.3 Å². The molecule has 2 N–H and O–H groups in total. The minimum Gasteiger partial charge on any atom is -0.478 e. The maximum absolute atomic E-state index is 12.0. The van der Waals surface area contributed by atoms with Gasteiger partial charge in [-0.25, -0.2) is 14.6 Å². The number of hydrogen-bond acceptors (Lipinski definition) is 5. The fraction of sp³-hybridized carbons (Fsp3) is 0.250. The van der Waals surface area contributed by atoms with Crippen molar-refractivity contribution in [2.24, 2.45) is 0 Å². The van der Waals surface area contributed by atoms with E-state index in [-0.39, 0.29) is 11.6 Å². The topological polar surface area (TPSA) is 82.5 Å². The molecule has 8 heteroatoms. The molecule has 2 heterocycles. The molecule has 2 aromatic rings. The second-order valence-corrected chi connectivity index (χ2v) is 6.34. The number of nitrogens with one attached hydrogen (secondary N) is 1. The van der Waals surface area contributed by atoms with Crippen LogP contribution in [0.1, 0.15) is 20.2 Å². The molecule has 0 aliphatic rings. The number of amides is 2. The molecule has 2 rings (SSSR count). The molecule has 2 amide bonds. The molecule has 0 unspecified atom stereocenters. The molecule has 106 valence electrons. The third kappa shape index (κ3) is 3.34. The van der Waals surface area contributed by atoms with E-state index in [9.17, 15) is 9.59 Å². The van der Waals surface area contributed by atoms with Crippen molar-refractivity contribution in [3.05, 3.63) is 33.1 Å². The maximum atomic E-state index is 12.0. The van der Waals surface area contributed by atoms with Crippen molar-refractivity contribution in [1.82, 2.24) is 9.88 Å². The van der Waals surface area contributed by atoms with Crippen molar-refractivity contribution in [1.29, 1.82) is 0 Å². The van der Waals surface area contributed by atoms with Crippen LogP contribution in [0.25, 0.3) is 0 Å². The summed E-state index contributed by atoms with van der Waals surface area (Å²) in [5.74, 6) is -1.05. The van der Waals surface area contributed by atoms with Crippen LogP contribution >= 0.6 is 22.7 Å². The summed E-state index contributed by atoms with van der Waals surface area (Å²) >= 11 is 2.71. The summed E-state index contributed by atoms with van der Waals surface area (Å²) < 4.78 is 0. The molecule has 0 spiro atoms. The number of nitrogens with zero attached hydrogens (tertiary/aromatic N) is 2. The minimum atomic E-state index is -1.05. The van der Waals surface area contributed by atoms with Gasteiger partial charge in [0.1, 0.15) is 5.00 Å². The predicted octanol–water partition coefficient (Wildman–Crippen LogP) is 2.88. The zero-order valence-corrected chi connectivity index (χ0v) is 12.5. The smallest absolute Gasteiger partial charge is 0.338 e. The second kappa shape index (κ2) is 6.02. The first-order chi connectivity index (χ1) is 9.47. The molecule has 2 aromatic heterocycles. The largest absolute Gasteiger partial charge is 0.478 e. The Bertz CT molecular complexity index is 635. The lowest BCUT2D eigenvalue weighted by Gasteiger charge is -2.16. The molecular formula is C12H13N3O3S2. The molecule has 0 saturated carbocycles. The predicted molar refractivity (Wildman–Crippen MR) is 78.6 cm³/mol. The highest BCUT2D eigenvalue weighted by atomic mass is 32.1. The van der Waals surface area contributed by atoms with E-state index in [0.717, 1.165) is 9.88 Å². The average molecular weight is 311 g/mol. The van der Waals surface area contributed by atoms with E-state index >= 15 is 0 Å². The van der Waals surface area contributed by atoms with Crippen LogP contribution < -0.4 is 5.32 Å². The SMILES string of the molecule is Cc1ncc(CN(C)C(=O)Nc2sccc2C(=O)O)s1. The molecule has 6 nitrogen and oxygen atoms in total. The first-order valence-corrected chi connectivity index (χ1v) is 7.41. The van der Waals surface area contributed by atoms with E-state index in [0.29, 0.717) is 11.5 Å². The molecule has 0 radical (unpaired) electrons. The summed E-state index contributed by atoms with van der Waals surface area (Å²) in [6.07, 6.45) is 1.73. The van der Waals surface area contributed by atoms with Crippen LogP contribution in [0.4, 0.5) is 9.80 Å². The quantitative estimate of drug-likeness (QED) is 0.909. The molecule has 0 aliphatic carbocycles. The van der Waals surface area contributed by atoms with Crippen molar-refractivity contribution < 1.29 is 14.7 Å². The number of aryl methyl sites for hydroxylation is 1. The number of carboxylic acids is 1. The van der Waals surface area contributed by atoms with Crippen molar-refractivity contribution in [3.63, 3.8) is 0 Å². The summed E-state index contributed by atoms with van der Waals surface area (Å²) in [6.45, 7) is 2.34. The number of aromatic nitrogens is 1. The van der Waals surface area contributed by atoms with Gasteiger partial charge in [-0.15, -0.1) is 22.7 Å². The molecule has 20 heavy (non-hydrogen) atoms. The Morgan fingerprint density at radius 3 is 2.85 bits per heavy atom. The molecule has 0 saturated heterocycles. The molecular weight excluding hydrogens is 298 g/mol. The number of aromatic carboxylic acids is 1. The number of anilines is 1. The van der Waals surface area contributed by atoms with Gasteiger partial charge in [-0.2, -0.15) is 0 Å². The van der Waals surface area contributed by atoms with Gasteiger partial charge >= 0.3 is 12.0 Å². The number of thiazole rings is 1. The van der Waals surface area contributed by atoms with Gasteiger partial charge in [0, 0.05) is 18.1 Å². The number of carbonyl (C=O) groups excluding carboxylic acids is 1. The van der Waals surface area contributed by atoms with Crippen LogP contribution in [-0.2, 0) is 6.54 Å². The van der Waals surface area contributed by atoms with E-state index < -0.39 is 5.97 Å². The van der Waals surface area contributed by atoms with Gasteiger partial charge in [0.05, 0.1) is 17.1 Å². The number of rotatable bonds is 4. The van der Waals surface area contributed by atoms with Gasteiger partial charge in [0.2, 0.25) is 0 Å². The van der Waals surface area contributed by atoms with E-state index in [1.807, 2.05) is 6.92 Å². The van der Waals surface area contributed by atoms with Gasteiger partial charge in [-0.05, 0) is 18.4 Å². The van der Waals surface area contributed by atoms with Crippen LogP contribution in [0, 0.1) is 6.92 Å². The lowest BCUT2D eigenvalue weighted by Crippen LogP contribution is -2.30. The van der Waals surface area contributed by atoms with E-state index in [1.165, 1.54) is 33.6 Å². The van der Waals surface area contributed by atoms with E-state index in [1.54, 1.807) is 18.6 Å². The fourth-order valence-corrected chi connectivity index (χ4v) is 3.17. The minimum absolute atomic E-state index is 0.102. The van der Waals surface area contributed by atoms with Crippen molar-refractivity contribution in [2.75, 3.05) is 12.4 Å². The second-order valence-electron chi connectivity index (χ2n) is 4.10. The molecule has 0 atom stereocenters. The normalized spacial score (nSPS) is 10.3. The van der Waals surface area contributed by atoms with Gasteiger partial charge in [-0.3, -0.25) is 5.32 Å². The molecule has 0 bridgehead atoms. The summed E-state index contributed by atoms with van der Waals surface area (Å²) in [4.78, 5) is 29.6. The number of urea groups is 1. The van der Waals surface area contributed by atoms with Crippen molar-refractivity contribution >= 4 is 39.7 Å². The average Bonchev–Trinajstić information content (AvgIpc) is 2.98. The van der Waals surface area contributed by atoms with Crippen molar-refractivity contribution in [3.8, 4) is 0 Å². The lowest BCUT2D eigenvalue weighted by atomic mass is 10.3. The summed E-state index contributed by atoms with van der Waals surface area (Å²) in [6, 6.07) is 1.12. The summed E-state index contributed by atoms with van der Waals surface area (Å²) in [7, 11) is 1.65. The van der Waals surface area contributed by atoms with E-state index in [4.69, 9.17) is 5.11 Å². The molecule has 0 fully saturated rings. The van der Waals surface area contributed by atoms with Gasteiger partial charge in [0.25, 0.3) is 0 Å². The molecule has 0 aromatic carbocycles. The third-order valence-corrected chi connectivity index (χ3v) is 4.25. The van der Waals surface area contributed by atoms with Crippen LogP contribution in [0.15, 0.2) is 17.6 Å². The third-order valence-electron chi connectivity index (χ3n) is 2.52. The maximum Gasteiger partial charge on any atom is 0.338 e. The van der Waals surface area contributed by atoms with Crippen LogP contribution in [0.3, 0.4) is 0 Å². The van der Waals surface area contributed by atoms with Crippen LogP contribution in [0.2, 0.25) is 0 Å². The summed E-state index contributed by atoms with van der Waals surface area (Å²) in [5.41, 5.74) is 0.102. The van der Waals surface area contributed by atoms with Crippen LogP contribution in [0.5, 0.6) is 0 Å². The fourth-order valence-electron chi connectivity index (χ4n) is 1.55. The number of thiophene rings is 1. The van der Waals surface area contributed by atoms with Gasteiger partial charge in [-0.1, -0.05) is 0 Å². The lowest BCUT2D eigenvalue weighted by molar-refractivity contribution is 0.0698. The van der Waals surface area contributed by atoms with Gasteiger partial charge < -0.3 is 10.0 Å². The van der Waals surface area contributed by atoms with Crippen molar-refractivity contribution in [2.45, 2.75) is 13.5 Å². The zero-order chi connectivity index (χ0) is 14.7. The molecule has 0 aliphatic heterocycles. The Balaban J connectivity index is 2.00. The van der Waals surface area contributed by atoms with Gasteiger partial charge in [0.15, 0.2) is 0 Å². The Morgan fingerprint density at radius 2 is 2.25 bits per heavy atom.